The zero-order chi connectivity index (χ0) is 15.6. The van der Waals surface area contributed by atoms with Crippen molar-refractivity contribution in [1.82, 2.24) is 0 Å². The summed E-state index contributed by atoms with van der Waals surface area (Å²) in [6, 6.07) is 7.15. The Morgan fingerprint density at radius 1 is 1.43 bits per heavy atom. The van der Waals surface area contributed by atoms with E-state index in [1.165, 1.54) is 6.92 Å². The van der Waals surface area contributed by atoms with E-state index in [-0.39, 0.29) is 6.42 Å². The fourth-order valence-electron chi connectivity index (χ4n) is 2.37. The molecule has 0 saturated heterocycles. The number of fused-ring (bicyclic) bond motifs is 1. The highest BCUT2D eigenvalue weighted by Crippen LogP contribution is 2.25. The molecule has 0 aliphatic carbocycles. The first-order valence-corrected chi connectivity index (χ1v) is 8.36. The number of aryl methyl sites for hydroxylation is 1. The third-order valence-corrected chi connectivity index (χ3v) is 5.86. The number of benzene rings is 1. The van der Waals surface area contributed by atoms with Crippen LogP contribution in [0.25, 0.3) is 0 Å². The molecule has 0 spiro atoms. The van der Waals surface area contributed by atoms with Gasteiger partial charge in [-0.1, -0.05) is 25.1 Å². The number of hydrogen-bond donors (Lipinski definition) is 2. The molecule has 6 nitrogen and oxygen atoms in total. The number of hydrogen-bond acceptors (Lipinski definition) is 4. The molecular weight excluding hydrogens is 294 g/mol. The van der Waals surface area contributed by atoms with Crippen LogP contribution in [-0.4, -0.2) is 36.4 Å². The smallest absolute Gasteiger partial charge is 0.307 e. The lowest BCUT2D eigenvalue weighted by Gasteiger charge is -2.15. The zero-order valence-electron chi connectivity index (χ0n) is 11.6. The topological polar surface area (TPSA) is 101 Å². The van der Waals surface area contributed by atoms with Gasteiger partial charge in [0.05, 0.1) is 11.7 Å². The van der Waals surface area contributed by atoms with Crippen molar-refractivity contribution in [2.24, 2.45) is 5.92 Å². The first kappa shape index (κ1) is 15.5. The Bertz CT molecular complexity index is 668. The molecule has 2 atom stereocenters. The standard InChI is InChI=1S/C14H17NO5S/c1-9(14(17)18)8-21(19,20)12-7-6-10-4-2-3-5-11(10)15-13(12)16/h2-5,9,12H,6-8H2,1H3,(H,15,16)(H,17,18). The molecule has 2 unspecified atom stereocenters. The number of anilines is 1. The van der Waals surface area contributed by atoms with Crippen LogP contribution in [0, 0.1) is 5.92 Å². The summed E-state index contributed by atoms with van der Waals surface area (Å²) in [6.45, 7) is 1.32. The van der Waals surface area contributed by atoms with E-state index in [0.29, 0.717) is 12.1 Å². The Labute approximate surface area is 123 Å². The Morgan fingerprint density at radius 3 is 2.76 bits per heavy atom. The summed E-state index contributed by atoms with van der Waals surface area (Å²) < 4.78 is 24.6. The van der Waals surface area contributed by atoms with Crippen LogP contribution in [0.5, 0.6) is 0 Å². The molecule has 2 N–H and O–H groups in total. The highest BCUT2D eigenvalue weighted by Gasteiger charge is 2.36. The number of nitrogens with one attached hydrogen (secondary N) is 1. The average molecular weight is 311 g/mol. The van der Waals surface area contributed by atoms with Crippen LogP contribution in [0.1, 0.15) is 18.9 Å². The van der Waals surface area contributed by atoms with Crippen molar-refractivity contribution >= 4 is 27.4 Å². The van der Waals surface area contributed by atoms with Gasteiger partial charge < -0.3 is 10.4 Å². The van der Waals surface area contributed by atoms with Gasteiger partial charge in [0.2, 0.25) is 5.91 Å². The van der Waals surface area contributed by atoms with Gasteiger partial charge in [0.15, 0.2) is 9.84 Å². The van der Waals surface area contributed by atoms with Crippen molar-refractivity contribution in [3.8, 4) is 0 Å². The number of para-hydroxylation sites is 1. The van der Waals surface area contributed by atoms with Crippen molar-refractivity contribution in [3.05, 3.63) is 29.8 Å². The molecule has 1 aromatic carbocycles. The van der Waals surface area contributed by atoms with Crippen molar-refractivity contribution in [2.45, 2.75) is 25.0 Å². The third-order valence-electron chi connectivity index (χ3n) is 3.58. The van der Waals surface area contributed by atoms with Gasteiger partial charge in [-0.15, -0.1) is 0 Å². The van der Waals surface area contributed by atoms with E-state index in [9.17, 15) is 18.0 Å². The van der Waals surface area contributed by atoms with Crippen LogP contribution in [0.3, 0.4) is 0 Å². The predicted octanol–water partition coefficient (Wildman–Crippen LogP) is 1.08. The molecule has 0 fully saturated rings. The second kappa shape index (κ2) is 5.85. The molecule has 1 aliphatic rings. The minimum absolute atomic E-state index is 0.164. The van der Waals surface area contributed by atoms with Gasteiger partial charge in [-0.2, -0.15) is 0 Å². The molecule has 1 amide bonds. The van der Waals surface area contributed by atoms with Gasteiger partial charge in [-0.05, 0) is 24.5 Å². The molecule has 21 heavy (non-hydrogen) atoms. The number of rotatable bonds is 4. The van der Waals surface area contributed by atoms with Crippen molar-refractivity contribution in [3.63, 3.8) is 0 Å². The number of aliphatic carboxylic acids is 1. The maximum absolute atomic E-state index is 12.3. The van der Waals surface area contributed by atoms with Crippen LogP contribution >= 0.6 is 0 Å². The van der Waals surface area contributed by atoms with E-state index in [2.05, 4.69) is 5.32 Å². The van der Waals surface area contributed by atoms with E-state index in [4.69, 9.17) is 5.11 Å². The lowest BCUT2D eigenvalue weighted by atomic mass is 10.1. The number of carboxylic acids is 1. The maximum Gasteiger partial charge on any atom is 0.307 e. The molecule has 114 valence electrons. The fourth-order valence-corrected chi connectivity index (χ4v) is 4.30. The van der Waals surface area contributed by atoms with E-state index < -0.39 is 38.6 Å². The van der Waals surface area contributed by atoms with E-state index in [1.54, 1.807) is 12.1 Å². The van der Waals surface area contributed by atoms with Crippen molar-refractivity contribution in [2.75, 3.05) is 11.1 Å². The summed E-state index contributed by atoms with van der Waals surface area (Å²) in [5.74, 6) is -3.33. The number of carboxylic acid groups (broad SMARTS) is 1. The Balaban J connectivity index is 2.22. The summed E-state index contributed by atoms with van der Waals surface area (Å²) in [4.78, 5) is 23.0. The maximum atomic E-state index is 12.3. The molecule has 1 heterocycles. The number of carbonyl (C=O) groups is 2. The van der Waals surface area contributed by atoms with E-state index in [0.717, 1.165) is 5.56 Å². The van der Waals surface area contributed by atoms with Crippen molar-refractivity contribution < 1.29 is 23.1 Å². The molecule has 0 saturated carbocycles. The third kappa shape index (κ3) is 3.41. The molecule has 0 bridgehead atoms. The monoisotopic (exact) mass is 311 g/mol. The molecule has 1 aliphatic heterocycles. The van der Waals surface area contributed by atoms with Crippen molar-refractivity contribution in [1.29, 1.82) is 0 Å². The Hall–Kier alpha value is -1.89. The van der Waals surface area contributed by atoms with Crippen LogP contribution in [0.4, 0.5) is 5.69 Å². The molecular formula is C14H17NO5S. The minimum atomic E-state index is -3.81. The van der Waals surface area contributed by atoms with Gasteiger partial charge in [-0.25, -0.2) is 8.42 Å². The summed E-state index contributed by atoms with van der Waals surface area (Å²) in [5.41, 5.74) is 1.50. The Morgan fingerprint density at radius 2 is 2.10 bits per heavy atom. The first-order chi connectivity index (χ1) is 9.81. The average Bonchev–Trinajstić information content (AvgIpc) is 2.56. The van der Waals surface area contributed by atoms with Crippen LogP contribution < -0.4 is 5.32 Å². The van der Waals surface area contributed by atoms with Gasteiger partial charge in [-0.3, -0.25) is 9.59 Å². The summed E-state index contributed by atoms with van der Waals surface area (Å²) in [7, 11) is -3.81. The number of carbonyl (C=O) groups excluding carboxylic acids is 1. The largest absolute Gasteiger partial charge is 0.481 e. The highest BCUT2D eigenvalue weighted by atomic mass is 32.2. The predicted molar refractivity (Wildman–Crippen MR) is 77.8 cm³/mol. The van der Waals surface area contributed by atoms with Gasteiger partial charge in [0.25, 0.3) is 0 Å². The van der Waals surface area contributed by atoms with E-state index >= 15 is 0 Å². The van der Waals surface area contributed by atoms with Gasteiger partial charge >= 0.3 is 5.97 Å². The molecule has 7 heteroatoms. The second-order valence-corrected chi connectivity index (χ2v) is 7.47. The van der Waals surface area contributed by atoms with Crippen LogP contribution in [0.15, 0.2) is 24.3 Å². The second-order valence-electron chi connectivity index (χ2n) is 5.24. The first-order valence-electron chi connectivity index (χ1n) is 6.64. The summed E-state index contributed by atoms with van der Waals surface area (Å²) in [5, 5.41) is 10.3. The van der Waals surface area contributed by atoms with Gasteiger partial charge in [0.1, 0.15) is 5.25 Å². The van der Waals surface area contributed by atoms with E-state index in [1.807, 2.05) is 12.1 Å². The lowest BCUT2D eigenvalue weighted by Crippen LogP contribution is -2.38. The normalized spacial score (nSPS) is 20.0. The number of amides is 1. The lowest BCUT2D eigenvalue weighted by molar-refractivity contribution is -0.140. The summed E-state index contributed by atoms with van der Waals surface area (Å²) >= 11 is 0. The minimum Gasteiger partial charge on any atom is -0.481 e. The zero-order valence-corrected chi connectivity index (χ0v) is 12.4. The van der Waals surface area contributed by atoms with Gasteiger partial charge in [0, 0.05) is 5.69 Å². The number of sulfone groups is 1. The van der Waals surface area contributed by atoms with Crippen LogP contribution in [-0.2, 0) is 25.8 Å². The molecule has 2 rings (SSSR count). The molecule has 0 radical (unpaired) electrons. The quantitative estimate of drug-likeness (QED) is 0.866. The fraction of sp³-hybridized carbons (Fsp3) is 0.429. The SMILES string of the molecule is CC(CS(=O)(=O)C1CCc2ccccc2NC1=O)C(=O)O. The van der Waals surface area contributed by atoms with Crippen LogP contribution in [0.2, 0.25) is 0 Å². The summed E-state index contributed by atoms with van der Waals surface area (Å²) in [6.07, 6.45) is 0.623. The Kier molecular flexibility index (Phi) is 4.32. The highest BCUT2D eigenvalue weighted by molar-refractivity contribution is 7.92. The molecule has 1 aromatic rings. The molecule has 0 aromatic heterocycles.